The molecule has 4 rings (SSSR count). The largest absolute Gasteiger partial charge is 0.492 e. The first-order valence-corrected chi connectivity index (χ1v) is 15.3. The molecule has 0 saturated heterocycles. The Hall–Kier alpha value is -2.84. The first-order chi connectivity index (χ1) is 20.0. The van der Waals surface area contributed by atoms with Crippen LogP contribution < -0.4 is 26.3 Å². The number of rotatable bonds is 18. The topological polar surface area (TPSA) is 144 Å². The second-order valence-electron chi connectivity index (χ2n) is 9.56. The third-order valence-electron chi connectivity index (χ3n) is 6.25. The average molecular weight is 691 g/mol. The van der Waals surface area contributed by atoms with Crippen LogP contribution in [0, 0.1) is 0 Å². The van der Waals surface area contributed by atoms with Crippen molar-refractivity contribution in [3.8, 4) is 11.5 Å². The quantitative estimate of drug-likeness (QED) is 0.133. The number of nitrogens with zero attached hydrogens (tertiary/aromatic N) is 6. The Morgan fingerprint density at radius 1 is 0.707 bits per heavy atom. The van der Waals surface area contributed by atoms with E-state index in [0.29, 0.717) is 39.4 Å². The molecule has 0 unspecified atom stereocenters. The number of aryl methyl sites for hydroxylation is 4. The average Bonchev–Trinajstić information content (AvgIpc) is 3.62. The first-order valence-electron chi connectivity index (χ1n) is 13.8. The predicted molar refractivity (Wildman–Crippen MR) is 165 cm³/mol. The van der Waals surface area contributed by atoms with Gasteiger partial charge in [0.25, 0.3) is 0 Å². The van der Waals surface area contributed by atoms with Crippen LogP contribution in [0.1, 0.15) is 35.4 Å². The Morgan fingerprint density at radius 3 is 1.59 bits per heavy atom. The molecule has 0 atom stereocenters. The third kappa shape index (κ3) is 10.2. The monoisotopic (exact) mass is 689 g/mol. The summed E-state index contributed by atoms with van der Waals surface area (Å²) in [6.45, 7) is 5.14. The van der Waals surface area contributed by atoms with E-state index in [1.165, 1.54) is 11.1 Å². The van der Waals surface area contributed by atoms with E-state index in [1.807, 2.05) is 33.9 Å². The van der Waals surface area contributed by atoms with Gasteiger partial charge in [0.05, 0.1) is 33.5 Å². The zero-order valence-corrected chi connectivity index (χ0v) is 26.2. The summed E-state index contributed by atoms with van der Waals surface area (Å²) in [4.78, 5) is 0. The third-order valence-corrected chi connectivity index (χ3v) is 7.49. The minimum Gasteiger partial charge on any atom is -0.492 e. The summed E-state index contributed by atoms with van der Waals surface area (Å²) in [5, 5.41) is 20.5. The summed E-state index contributed by atoms with van der Waals surface area (Å²) in [6, 6.07) is 12.3. The van der Waals surface area contributed by atoms with Crippen LogP contribution in [0.15, 0.2) is 57.7 Å². The molecule has 41 heavy (non-hydrogen) atoms. The highest BCUT2D eigenvalue weighted by Gasteiger charge is 2.07. The van der Waals surface area contributed by atoms with E-state index in [9.17, 15) is 0 Å². The fraction of sp³-hybridized carbons (Fsp3) is 0.429. The van der Waals surface area contributed by atoms with Gasteiger partial charge >= 0.3 is 0 Å². The van der Waals surface area contributed by atoms with E-state index in [0.717, 1.165) is 70.6 Å². The summed E-state index contributed by atoms with van der Waals surface area (Å²) in [5.74, 6) is 1.67. The maximum atomic E-state index is 5.74. The fourth-order valence-electron chi connectivity index (χ4n) is 4.03. The number of hydrogen-bond acceptors (Lipinski definition) is 9. The van der Waals surface area contributed by atoms with Crippen molar-refractivity contribution in [3.63, 3.8) is 0 Å². The summed E-state index contributed by atoms with van der Waals surface area (Å²) in [7, 11) is 0. The Labute approximate surface area is 257 Å². The van der Waals surface area contributed by atoms with Gasteiger partial charge in [-0.3, -0.25) is 9.36 Å². The van der Waals surface area contributed by atoms with Gasteiger partial charge in [0.1, 0.15) is 11.5 Å². The molecule has 0 amide bonds. The Morgan fingerprint density at radius 2 is 1.17 bits per heavy atom. The Balaban J connectivity index is 1.16. The summed E-state index contributed by atoms with van der Waals surface area (Å²) in [5.41, 5.74) is 15.2. The van der Waals surface area contributed by atoms with Crippen LogP contribution in [-0.4, -0.2) is 56.3 Å². The summed E-state index contributed by atoms with van der Waals surface area (Å²) in [6.07, 6.45) is 7.28. The van der Waals surface area contributed by atoms with Crippen molar-refractivity contribution in [2.75, 3.05) is 26.3 Å². The van der Waals surface area contributed by atoms with Gasteiger partial charge in [0.15, 0.2) is 0 Å². The van der Waals surface area contributed by atoms with E-state index in [2.05, 4.69) is 82.1 Å². The maximum Gasteiger partial charge on any atom is 0.133 e. The zero-order chi connectivity index (χ0) is 28.9. The standard InChI is InChI=1S/C28H37Br2N9O2/c29-25-15-21(3-5-27(25)40-13-1-9-31)7-11-38-19-23(34-36-38)17-33-18-24-20-39(37-35-24)12-8-22-4-6-28(26(30)16-22)41-14-2-10-32/h3-6,15-16,19-20,33H,1-2,7-14,17-18,31-32H2. The second-order valence-corrected chi connectivity index (χ2v) is 11.3. The lowest BCUT2D eigenvalue weighted by Gasteiger charge is -2.09. The van der Waals surface area contributed by atoms with E-state index in [-0.39, 0.29) is 0 Å². The van der Waals surface area contributed by atoms with Crippen LogP contribution in [0.2, 0.25) is 0 Å². The van der Waals surface area contributed by atoms with Crippen LogP contribution >= 0.6 is 31.9 Å². The normalized spacial score (nSPS) is 11.2. The lowest BCUT2D eigenvalue weighted by Crippen LogP contribution is -2.13. The molecule has 2 heterocycles. The summed E-state index contributed by atoms with van der Waals surface area (Å²) >= 11 is 7.18. The molecule has 0 bridgehead atoms. The molecule has 2 aromatic carbocycles. The minimum atomic E-state index is 0.598. The smallest absolute Gasteiger partial charge is 0.133 e. The van der Waals surface area contributed by atoms with Crippen molar-refractivity contribution in [1.29, 1.82) is 0 Å². The zero-order valence-electron chi connectivity index (χ0n) is 23.0. The number of halogens is 2. The predicted octanol–water partition coefficient (Wildman–Crippen LogP) is 3.63. The number of aromatic nitrogens is 6. The number of ether oxygens (including phenoxy) is 2. The highest BCUT2D eigenvalue weighted by Crippen LogP contribution is 2.27. The van der Waals surface area contributed by atoms with Crippen molar-refractivity contribution in [2.45, 2.75) is 51.9 Å². The number of nitrogens with one attached hydrogen (secondary N) is 1. The molecule has 0 aliphatic rings. The lowest BCUT2D eigenvalue weighted by atomic mass is 10.1. The van der Waals surface area contributed by atoms with Crippen molar-refractivity contribution in [3.05, 3.63) is 80.3 Å². The fourth-order valence-corrected chi connectivity index (χ4v) is 5.11. The summed E-state index contributed by atoms with van der Waals surface area (Å²) < 4.78 is 17.1. The highest BCUT2D eigenvalue weighted by molar-refractivity contribution is 9.10. The van der Waals surface area contributed by atoms with Gasteiger partial charge in [0, 0.05) is 38.6 Å². The van der Waals surface area contributed by atoms with E-state index in [4.69, 9.17) is 20.9 Å². The number of hydrogen-bond donors (Lipinski definition) is 3. The molecule has 4 aromatic rings. The first kappa shape index (κ1) is 31.1. The van der Waals surface area contributed by atoms with Gasteiger partial charge in [-0.1, -0.05) is 22.6 Å². The van der Waals surface area contributed by atoms with Gasteiger partial charge in [-0.2, -0.15) is 0 Å². The SMILES string of the molecule is NCCCOc1ccc(CCn2cc(CNCc3cn(CCc4ccc(OCCCN)c(Br)c4)nn3)nn2)cc1Br. The molecule has 5 N–H and O–H groups in total. The van der Waals surface area contributed by atoms with E-state index in [1.54, 1.807) is 0 Å². The van der Waals surface area contributed by atoms with Crippen molar-refractivity contribution < 1.29 is 9.47 Å². The molecule has 0 spiro atoms. The van der Waals surface area contributed by atoms with Crippen LogP contribution in [-0.2, 0) is 39.0 Å². The Bertz CT molecular complexity index is 1260. The molecule has 0 saturated carbocycles. The minimum absolute atomic E-state index is 0.598. The van der Waals surface area contributed by atoms with Gasteiger partial charge in [-0.25, -0.2) is 0 Å². The van der Waals surface area contributed by atoms with Crippen molar-refractivity contribution in [1.82, 2.24) is 35.3 Å². The lowest BCUT2D eigenvalue weighted by molar-refractivity contribution is 0.311. The molecule has 0 aliphatic heterocycles. The van der Waals surface area contributed by atoms with Gasteiger partial charge in [-0.05, 0) is 106 Å². The molecule has 13 heteroatoms. The molecular weight excluding hydrogens is 654 g/mol. The highest BCUT2D eigenvalue weighted by atomic mass is 79.9. The molecular formula is C28H37Br2N9O2. The molecule has 11 nitrogen and oxygen atoms in total. The maximum absolute atomic E-state index is 5.74. The molecule has 0 fully saturated rings. The van der Waals surface area contributed by atoms with Crippen LogP contribution in [0.5, 0.6) is 11.5 Å². The van der Waals surface area contributed by atoms with Gasteiger partial charge in [-0.15, -0.1) is 10.2 Å². The van der Waals surface area contributed by atoms with Gasteiger partial charge < -0.3 is 26.3 Å². The molecule has 0 aliphatic carbocycles. The van der Waals surface area contributed by atoms with Crippen LogP contribution in [0.25, 0.3) is 0 Å². The number of nitrogens with two attached hydrogens (primary N) is 2. The van der Waals surface area contributed by atoms with Crippen molar-refractivity contribution >= 4 is 31.9 Å². The van der Waals surface area contributed by atoms with Crippen LogP contribution in [0.3, 0.4) is 0 Å². The number of benzene rings is 2. The van der Waals surface area contributed by atoms with E-state index >= 15 is 0 Å². The molecule has 2 aromatic heterocycles. The Kier molecular flexibility index (Phi) is 12.6. The van der Waals surface area contributed by atoms with Crippen LogP contribution in [0.4, 0.5) is 0 Å². The van der Waals surface area contributed by atoms with Gasteiger partial charge in [0.2, 0.25) is 0 Å². The second kappa shape index (κ2) is 16.6. The molecule has 220 valence electrons. The molecule has 0 radical (unpaired) electrons. The van der Waals surface area contributed by atoms with Crippen molar-refractivity contribution in [2.24, 2.45) is 11.5 Å². The van der Waals surface area contributed by atoms with E-state index < -0.39 is 0 Å².